The molecule has 10 heteroatoms. The Morgan fingerprint density at radius 1 is 1.60 bits per heavy atom. The fourth-order valence-electron chi connectivity index (χ4n) is 1.54. The molecular weight excluding hydrogens is 308 g/mol. The van der Waals surface area contributed by atoms with E-state index >= 15 is 0 Å². The van der Waals surface area contributed by atoms with Crippen LogP contribution in [0.4, 0.5) is 5.82 Å². The molecule has 0 unspecified atom stereocenters. The fourth-order valence-corrected chi connectivity index (χ4v) is 2.45. The Morgan fingerprint density at radius 3 is 2.60 bits per heavy atom. The molecule has 0 aliphatic carbocycles. The molecule has 0 fully saturated rings. The van der Waals surface area contributed by atoms with E-state index in [4.69, 9.17) is 15.9 Å². The molecule has 8 nitrogen and oxygen atoms in total. The highest BCUT2D eigenvalue weighted by Gasteiger charge is 2.30. The van der Waals surface area contributed by atoms with E-state index in [1.807, 2.05) is 0 Å². The fraction of sp³-hybridized carbons (Fsp3) is 0.600. The van der Waals surface area contributed by atoms with Crippen molar-refractivity contribution in [1.29, 1.82) is 5.26 Å². The van der Waals surface area contributed by atoms with Crippen molar-refractivity contribution in [3.8, 4) is 6.07 Å². The van der Waals surface area contributed by atoms with Gasteiger partial charge in [-0.1, -0.05) is 0 Å². The van der Waals surface area contributed by atoms with Crippen LogP contribution < -0.4 is 0 Å². The van der Waals surface area contributed by atoms with Crippen LogP contribution in [0.3, 0.4) is 0 Å². The molecule has 0 saturated heterocycles. The molecule has 20 heavy (non-hydrogen) atoms. The molecule has 110 valence electrons. The van der Waals surface area contributed by atoms with E-state index < -0.39 is 30.1 Å². The zero-order valence-electron chi connectivity index (χ0n) is 10.9. The zero-order chi connectivity index (χ0) is 15.6. The smallest absolute Gasteiger partial charge is 0.358 e. The van der Waals surface area contributed by atoms with Gasteiger partial charge in [0.1, 0.15) is 0 Å². The Labute approximate surface area is 120 Å². The molecule has 1 aromatic rings. The van der Waals surface area contributed by atoms with Crippen molar-refractivity contribution in [2.24, 2.45) is 5.41 Å². The summed E-state index contributed by atoms with van der Waals surface area (Å²) < 4.78 is 23.6. The molecule has 0 amide bonds. The number of aromatic nitrogens is 2. The van der Waals surface area contributed by atoms with Gasteiger partial charge in [-0.05, 0) is 31.6 Å². The van der Waals surface area contributed by atoms with Crippen LogP contribution in [0.5, 0.6) is 0 Å². The van der Waals surface area contributed by atoms with E-state index in [9.17, 15) is 18.5 Å². The summed E-state index contributed by atoms with van der Waals surface area (Å²) in [6.45, 7) is 3.80. The Bertz CT molecular complexity index is 659. The van der Waals surface area contributed by atoms with Crippen molar-refractivity contribution in [3.05, 3.63) is 16.3 Å². The minimum Gasteiger partial charge on any atom is -0.358 e. The maximum absolute atomic E-state index is 11.2. The third kappa shape index (κ3) is 4.18. The molecule has 0 N–H and O–H groups in total. The minimum atomic E-state index is -4.22. The van der Waals surface area contributed by atoms with Crippen molar-refractivity contribution in [2.75, 3.05) is 0 Å². The molecule has 0 aliphatic rings. The van der Waals surface area contributed by atoms with Crippen LogP contribution in [0.15, 0.2) is 11.1 Å². The van der Waals surface area contributed by atoms with Gasteiger partial charge in [-0.2, -0.15) is 9.94 Å². The SMILES string of the molecule is CC(C)(C#N)CCCn1cc(S(=O)(=O)Cl)c([N+](=O)[O-])n1. The van der Waals surface area contributed by atoms with Gasteiger partial charge in [0.25, 0.3) is 9.05 Å². The summed E-state index contributed by atoms with van der Waals surface area (Å²) in [6.07, 6.45) is 2.11. The van der Waals surface area contributed by atoms with E-state index in [2.05, 4.69) is 11.2 Å². The molecule has 1 rings (SSSR count). The van der Waals surface area contributed by atoms with Crippen LogP contribution in [0.2, 0.25) is 0 Å². The maximum atomic E-state index is 11.2. The van der Waals surface area contributed by atoms with Crippen LogP contribution in [0.1, 0.15) is 26.7 Å². The van der Waals surface area contributed by atoms with Crippen molar-refractivity contribution < 1.29 is 13.3 Å². The summed E-state index contributed by atoms with van der Waals surface area (Å²) in [6, 6.07) is 2.13. The van der Waals surface area contributed by atoms with Gasteiger partial charge in [-0.15, -0.1) is 0 Å². The first kappa shape index (κ1) is 16.4. The summed E-state index contributed by atoms with van der Waals surface area (Å²) in [5.74, 6) is -0.792. The molecule has 1 heterocycles. The average Bonchev–Trinajstić information content (AvgIpc) is 2.73. The number of halogens is 1. The van der Waals surface area contributed by atoms with Crippen molar-refractivity contribution in [2.45, 2.75) is 38.1 Å². The topological polar surface area (TPSA) is 119 Å². The van der Waals surface area contributed by atoms with Gasteiger partial charge in [0.2, 0.25) is 4.90 Å². The lowest BCUT2D eigenvalue weighted by Gasteiger charge is -2.13. The number of hydrogen-bond acceptors (Lipinski definition) is 6. The van der Waals surface area contributed by atoms with Crippen molar-refractivity contribution >= 4 is 25.6 Å². The highest BCUT2D eigenvalue weighted by molar-refractivity contribution is 8.13. The molecule has 0 bridgehead atoms. The highest BCUT2D eigenvalue weighted by Crippen LogP contribution is 2.26. The van der Waals surface area contributed by atoms with Crippen LogP contribution >= 0.6 is 10.7 Å². The predicted octanol–water partition coefficient (Wildman–Crippen LogP) is 2.05. The molecule has 0 radical (unpaired) electrons. The quantitative estimate of drug-likeness (QED) is 0.449. The first-order valence-corrected chi connectivity index (χ1v) is 7.95. The number of rotatable bonds is 6. The first-order chi connectivity index (χ1) is 9.07. The summed E-state index contributed by atoms with van der Waals surface area (Å²) in [4.78, 5) is 9.21. The van der Waals surface area contributed by atoms with Gasteiger partial charge in [0.15, 0.2) is 0 Å². The Balaban J connectivity index is 2.90. The third-order valence-electron chi connectivity index (χ3n) is 2.64. The van der Waals surface area contributed by atoms with Gasteiger partial charge >= 0.3 is 5.82 Å². The maximum Gasteiger partial charge on any atom is 0.410 e. The largest absolute Gasteiger partial charge is 0.410 e. The lowest BCUT2D eigenvalue weighted by atomic mass is 9.90. The minimum absolute atomic E-state index is 0.262. The molecule has 0 spiro atoms. The van der Waals surface area contributed by atoms with Gasteiger partial charge in [-0.3, -0.25) is 0 Å². The zero-order valence-corrected chi connectivity index (χ0v) is 12.5. The van der Waals surface area contributed by atoms with Crippen molar-refractivity contribution in [1.82, 2.24) is 9.78 Å². The molecule has 0 aromatic carbocycles. The Morgan fingerprint density at radius 2 is 2.20 bits per heavy atom. The number of nitro groups is 1. The monoisotopic (exact) mass is 320 g/mol. The molecule has 0 aliphatic heterocycles. The van der Waals surface area contributed by atoms with Gasteiger partial charge < -0.3 is 10.1 Å². The standard InChI is InChI=1S/C10H13ClN4O4S/c1-10(2,7-12)4-3-5-14-6-8(20(11,18)19)9(13-14)15(16)17/h6H,3-5H2,1-2H3. The molecule has 0 saturated carbocycles. The second-order valence-corrected chi connectivity index (χ2v) is 7.41. The predicted molar refractivity (Wildman–Crippen MR) is 70.5 cm³/mol. The second kappa shape index (κ2) is 5.76. The van der Waals surface area contributed by atoms with E-state index in [1.54, 1.807) is 13.8 Å². The van der Waals surface area contributed by atoms with Crippen molar-refractivity contribution in [3.63, 3.8) is 0 Å². The number of aryl methyl sites for hydroxylation is 1. The number of nitriles is 1. The molecule has 1 aromatic heterocycles. The van der Waals surface area contributed by atoms with E-state index in [0.717, 1.165) is 10.9 Å². The van der Waals surface area contributed by atoms with Gasteiger partial charge in [0, 0.05) is 10.7 Å². The molecular formula is C10H13ClN4O4S. The lowest BCUT2D eigenvalue weighted by Crippen LogP contribution is -2.10. The summed E-state index contributed by atoms with van der Waals surface area (Å²) in [5, 5.41) is 23.2. The summed E-state index contributed by atoms with van der Waals surface area (Å²) >= 11 is 0. The van der Waals surface area contributed by atoms with Gasteiger partial charge in [0.05, 0.1) is 29.3 Å². The summed E-state index contributed by atoms with van der Waals surface area (Å²) in [5.41, 5.74) is -0.513. The summed E-state index contributed by atoms with van der Waals surface area (Å²) in [7, 11) is 0.901. The van der Waals surface area contributed by atoms with E-state index in [0.29, 0.717) is 12.8 Å². The van der Waals surface area contributed by atoms with Crippen LogP contribution in [-0.4, -0.2) is 23.1 Å². The van der Waals surface area contributed by atoms with E-state index in [1.165, 1.54) is 0 Å². The first-order valence-electron chi connectivity index (χ1n) is 5.64. The Kier molecular flexibility index (Phi) is 4.73. The van der Waals surface area contributed by atoms with Crippen LogP contribution in [0, 0.1) is 26.9 Å². The van der Waals surface area contributed by atoms with E-state index in [-0.39, 0.29) is 6.54 Å². The number of hydrogen-bond donors (Lipinski definition) is 0. The number of nitrogens with zero attached hydrogens (tertiary/aromatic N) is 4. The average molecular weight is 321 g/mol. The van der Waals surface area contributed by atoms with Crippen LogP contribution in [0.25, 0.3) is 0 Å². The second-order valence-electron chi connectivity index (χ2n) is 4.87. The Hall–Kier alpha value is -1.66. The third-order valence-corrected chi connectivity index (χ3v) is 3.95. The lowest BCUT2D eigenvalue weighted by molar-refractivity contribution is -0.392. The van der Waals surface area contributed by atoms with Crippen LogP contribution in [-0.2, 0) is 15.6 Å². The normalized spacial score (nSPS) is 12.1. The molecule has 0 atom stereocenters. The van der Waals surface area contributed by atoms with Gasteiger partial charge in [-0.25, -0.2) is 8.42 Å². The highest BCUT2D eigenvalue weighted by atomic mass is 35.7.